The Morgan fingerprint density at radius 3 is 1.65 bits per heavy atom. The lowest BCUT2D eigenvalue weighted by molar-refractivity contribution is -0.140. The molecule has 2 aromatic carbocycles. The molecule has 0 atom stereocenters. The Labute approximate surface area is 181 Å². The molecule has 0 unspecified atom stereocenters. The maximum absolute atomic E-state index is 13.2. The van der Waals surface area contributed by atoms with E-state index in [4.69, 9.17) is 5.73 Å². The fraction of sp³-hybridized carbons (Fsp3) is 0.400. The minimum Gasteiger partial charge on any atom is -0.366 e. The number of nitrogens with two attached hydrogens (primary N) is 1. The second-order valence-electron chi connectivity index (χ2n) is 9.63. The Bertz CT molecular complexity index is 992. The molecule has 31 heavy (non-hydrogen) atoms. The van der Waals surface area contributed by atoms with Crippen molar-refractivity contribution in [1.29, 1.82) is 0 Å². The first-order valence-corrected chi connectivity index (χ1v) is 11.0. The Morgan fingerprint density at radius 1 is 0.710 bits per heavy atom. The van der Waals surface area contributed by atoms with Gasteiger partial charge < -0.3 is 16.4 Å². The van der Waals surface area contributed by atoms with Gasteiger partial charge in [-0.25, -0.2) is 0 Å². The van der Waals surface area contributed by atoms with Crippen molar-refractivity contribution in [2.75, 3.05) is 10.6 Å². The Hall–Kier alpha value is -3.15. The van der Waals surface area contributed by atoms with E-state index in [1.165, 1.54) is 19.3 Å². The lowest BCUT2D eigenvalue weighted by atomic mass is 9.49. The van der Waals surface area contributed by atoms with Gasteiger partial charge in [-0.05, 0) is 105 Å². The van der Waals surface area contributed by atoms with Crippen LogP contribution < -0.4 is 16.4 Å². The molecule has 4 aliphatic carbocycles. The lowest BCUT2D eigenvalue weighted by Crippen LogP contribution is -2.51. The highest BCUT2D eigenvalue weighted by molar-refractivity contribution is 6.05. The zero-order valence-corrected chi connectivity index (χ0v) is 17.4. The number of benzene rings is 2. The first-order valence-electron chi connectivity index (χ1n) is 11.0. The smallest absolute Gasteiger partial charge is 0.255 e. The van der Waals surface area contributed by atoms with Crippen LogP contribution in [0.25, 0.3) is 0 Å². The van der Waals surface area contributed by atoms with Gasteiger partial charge in [0.05, 0.1) is 5.41 Å². The van der Waals surface area contributed by atoms with Gasteiger partial charge in [-0.2, -0.15) is 0 Å². The van der Waals surface area contributed by atoms with Crippen molar-refractivity contribution in [2.24, 2.45) is 28.9 Å². The van der Waals surface area contributed by atoms with Gasteiger partial charge >= 0.3 is 0 Å². The Morgan fingerprint density at radius 2 is 1.16 bits per heavy atom. The van der Waals surface area contributed by atoms with Gasteiger partial charge in [-0.15, -0.1) is 0 Å². The summed E-state index contributed by atoms with van der Waals surface area (Å²) in [6, 6.07) is 13.4. The van der Waals surface area contributed by atoms with Crippen LogP contribution in [0.1, 0.15) is 59.2 Å². The van der Waals surface area contributed by atoms with Crippen LogP contribution in [0.15, 0.2) is 48.5 Å². The molecule has 0 saturated heterocycles. The monoisotopic (exact) mass is 417 g/mol. The van der Waals surface area contributed by atoms with E-state index < -0.39 is 5.91 Å². The number of rotatable bonds is 5. The maximum atomic E-state index is 13.2. The van der Waals surface area contributed by atoms with Gasteiger partial charge in [-0.1, -0.05) is 0 Å². The molecule has 6 rings (SSSR count). The van der Waals surface area contributed by atoms with Crippen LogP contribution >= 0.6 is 0 Å². The van der Waals surface area contributed by atoms with E-state index in [-0.39, 0.29) is 17.2 Å². The summed E-state index contributed by atoms with van der Waals surface area (Å²) in [6.45, 7) is 0. The third-order valence-corrected chi connectivity index (χ3v) is 7.35. The third kappa shape index (κ3) is 3.82. The van der Waals surface area contributed by atoms with Gasteiger partial charge in [0.15, 0.2) is 0 Å². The Kier molecular flexibility index (Phi) is 4.80. The largest absolute Gasteiger partial charge is 0.366 e. The molecule has 0 heterocycles. The summed E-state index contributed by atoms with van der Waals surface area (Å²) in [5.41, 5.74) is 7.22. The average Bonchev–Trinajstić information content (AvgIpc) is 2.73. The van der Waals surface area contributed by atoms with Gasteiger partial charge in [0, 0.05) is 22.5 Å². The molecule has 4 N–H and O–H groups in total. The molecule has 4 saturated carbocycles. The predicted molar refractivity (Wildman–Crippen MR) is 119 cm³/mol. The normalized spacial score (nSPS) is 28.2. The van der Waals surface area contributed by atoms with Crippen LogP contribution in [0.4, 0.5) is 11.4 Å². The van der Waals surface area contributed by atoms with Crippen LogP contribution in [-0.2, 0) is 4.79 Å². The van der Waals surface area contributed by atoms with E-state index in [1.807, 2.05) is 0 Å². The topological polar surface area (TPSA) is 101 Å². The van der Waals surface area contributed by atoms with Gasteiger partial charge in [0.2, 0.25) is 11.8 Å². The first kappa shape index (κ1) is 19.8. The zero-order chi connectivity index (χ0) is 21.6. The number of primary amides is 1. The molecule has 4 aliphatic rings. The molecule has 4 fully saturated rings. The molecule has 2 aromatic rings. The van der Waals surface area contributed by atoms with Gasteiger partial charge in [0.1, 0.15) is 0 Å². The molecule has 0 radical (unpaired) electrons. The summed E-state index contributed by atoms with van der Waals surface area (Å²) in [5.74, 6) is 1.55. The molecule has 160 valence electrons. The van der Waals surface area contributed by atoms with Crippen molar-refractivity contribution in [2.45, 2.75) is 38.5 Å². The van der Waals surface area contributed by atoms with Crippen molar-refractivity contribution in [1.82, 2.24) is 0 Å². The van der Waals surface area contributed by atoms with E-state index >= 15 is 0 Å². The van der Waals surface area contributed by atoms with Crippen molar-refractivity contribution < 1.29 is 14.4 Å². The van der Waals surface area contributed by atoms with Crippen molar-refractivity contribution >= 4 is 29.1 Å². The Balaban J connectivity index is 1.22. The van der Waals surface area contributed by atoms with E-state index in [0.29, 0.717) is 16.8 Å². The van der Waals surface area contributed by atoms with E-state index in [2.05, 4.69) is 10.6 Å². The van der Waals surface area contributed by atoms with E-state index in [1.54, 1.807) is 48.5 Å². The molecule has 0 spiro atoms. The summed E-state index contributed by atoms with van der Waals surface area (Å²) in [6.07, 6.45) is 7.00. The van der Waals surface area contributed by atoms with Crippen molar-refractivity contribution in [3.05, 3.63) is 59.7 Å². The molecular weight excluding hydrogens is 390 g/mol. The molecule has 0 aromatic heterocycles. The van der Waals surface area contributed by atoms with Crippen LogP contribution in [0.5, 0.6) is 0 Å². The van der Waals surface area contributed by atoms with Crippen LogP contribution in [0, 0.1) is 23.2 Å². The maximum Gasteiger partial charge on any atom is 0.255 e. The van der Waals surface area contributed by atoms with E-state index in [0.717, 1.165) is 42.7 Å². The van der Waals surface area contributed by atoms with Crippen LogP contribution in [-0.4, -0.2) is 17.7 Å². The molecule has 6 heteroatoms. The minimum atomic E-state index is -0.510. The zero-order valence-electron chi connectivity index (χ0n) is 17.4. The number of amides is 3. The number of hydrogen-bond donors (Lipinski definition) is 3. The second-order valence-corrected chi connectivity index (χ2v) is 9.63. The molecular formula is C25H27N3O3. The third-order valence-electron chi connectivity index (χ3n) is 7.35. The lowest BCUT2D eigenvalue weighted by Gasteiger charge is -2.55. The SMILES string of the molecule is NC(=O)c1ccc(NC(=O)c2ccc(NC(=O)C34CC5CC(CC(C5)C3)C4)cc2)cc1. The van der Waals surface area contributed by atoms with Gasteiger partial charge in [-0.3, -0.25) is 14.4 Å². The van der Waals surface area contributed by atoms with Crippen molar-refractivity contribution in [3.63, 3.8) is 0 Å². The summed E-state index contributed by atoms with van der Waals surface area (Å²) in [7, 11) is 0. The number of carbonyl (C=O) groups excluding carboxylic acids is 3. The standard InChI is InChI=1S/C25H27N3O3/c26-22(29)18-1-5-20(6-2-18)27-23(30)19-3-7-21(8-4-19)28-24(31)25-12-15-9-16(13-25)11-17(10-15)14-25/h1-8,15-17H,9-14H2,(H2,26,29)(H,27,30)(H,28,31). The number of anilines is 2. The summed E-state index contributed by atoms with van der Waals surface area (Å²) in [5, 5.41) is 5.91. The number of carbonyl (C=O) groups is 3. The molecule has 6 nitrogen and oxygen atoms in total. The predicted octanol–water partition coefficient (Wildman–Crippen LogP) is 4.19. The van der Waals surface area contributed by atoms with Crippen LogP contribution in [0.3, 0.4) is 0 Å². The minimum absolute atomic E-state index is 0.151. The molecule has 4 bridgehead atoms. The second kappa shape index (κ2) is 7.52. The van der Waals surface area contributed by atoms with Gasteiger partial charge in [0.25, 0.3) is 5.91 Å². The summed E-state index contributed by atoms with van der Waals surface area (Å²) >= 11 is 0. The molecule has 3 amide bonds. The number of hydrogen-bond acceptors (Lipinski definition) is 3. The first-order chi connectivity index (χ1) is 14.9. The molecule has 0 aliphatic heterocycles. The number of nitrogens with one attached hydrogen (secondary N) is 2. The highest BCUT2D eigenvalue weighted by Gasteiger charge is 2.54. The van der Waals surface area contributed by atoms with Crippen LogP contribution in [0.2, 0.25) is 0 Å². The fourth-order valence-electron chi connectivity index (χ4n) is 6.28. The van der Waals surface area contributed by atoms with Crippen molar-refractivity contribution in [3.8, 4) is 0 Å². The fourth-order valence-corrected chi connectivity index (χ4v) is 6.28. The quantitative estimate of drug-likeness (QED) is 0.680. The summed E-state index contributed by atoms with van der Waals surface area (Å²) in [4.78, 5) is 36.8. The highest BCUT2D eigenvalue weighted by atomic mass is 16.2. The highest BCUT2D eigenvalue weighted by Crippen LogP contribution is 2.60. The summed E-state index contributed by atoms with van der Waals surface area (Å²) < 4.78 is 0. The average molecular weight is 418 g/mol. The van der Waals surface area contributed by atoms with E-state index in [9.17, 15) is 14.4 Å².